The van der Waals surface area contributed by atoms with Gasteiger partial charge in [-0.1, -0.05) is 20.8 Å². The standard InChI is InChI=1S/C15H25NO7/c1-15(2,3)8-9(4-6-11(17)18)13(21)16-10(14(22)23)5-7-12(19)20/h9-10H,4-8H2,1-3H3,(H,16,21)(H,17,18)(H,19,20)(H,22,23)/p-2/t9-,10+/m0/s1. The van der Waals surface area contributed by atoms with Crippen molar-refractivity contribution in [3.05, 3.63) is 0 Å². The minimum Gasteiger partial charge on any atom is -0.550 e. The average molecular weight is 329 g/mol. The smallest absolute Gasteiger partial charge is 0.326 e. The summed E-state index contributed by atoms with van der Waals surface area (Å²) in [5.41, 5.74) is -0.266. The van der Waals surface area contributed by atoms with E-state index in [1.807, 2.05) is 20.8 Å². The zero-order chi connectivity index (χ0) is 18.2. The molecule has 2 atom stereocenters. The minimum absolute atomic E-state index is 0.0261. The van der Waals surface area contributed by atoms with Crippen LogP contribution >= 0.6 is 0 Å². The van der Waals surface area contributed by atoms with Gasteiger partial charge in [-0.15, -0.1) is 0 Å². The van der Waals surface area contributed by atoms with Crippen molar-refractivity contribution >= 4 is 23.8 Å². The molecule has 0 aliphatic rings. The molecule has 0 unspecified atom stereocenters. The van der Waals surface area contributed by atoms with Crippen molar-refractivity contribution in [2.45, 2.75) is 58.9 Å². The summed E-state index contributed by atoms with van der Waals surface area (Å²) >= 11 is 0. The number of carbonyl (C=O) groups excluding carboxylic acids is 3. The van der Waals surface area contributed by atoms with Gasteiger partial charge in [0.25, 0.3) is 0 Å². The van der Waals surface area contributed by atoms with Crippen LogP contribution in [0.1, 0.15) is 52.9 Å². The van der Waals surface area contributed by atoms with E-state index >= 15 is 0 Å². The second-order valence-electron chi connectivity index (χ2n) is 6.68. The Hall–Kier alpha value is -2.12. The molecular formula is C15H23NO7-2. The number of rotatable bonds is 10. The number of carboxylic acid groups (broad SMARTS) is 3. The molecule has 0 aromatic heterocycles. The number of amides is 1. The molecule has 0 spiro atoms. The Morgan fingerprint density at radius 1 is 1.00 bits per heavy atom. The van der Waals surface area contributed by atoms with E-state index in [4.69, 9.17) is 5.11 Å². The summed E-state index contributed by atoms with van der Waals surface area (Å²) in [6.07, 6.45) is -0.728. The molecule has 0 bridgehead atoms. The van der Waals surface area contributed by atoms with Crippen molar-refractivity contribution in [3.63, 3.8) is 0 Å². The van der Waals surface area contributed by atoms with Gasteiger partial charge in [-0.3, -0.25) is 4.79 Å². The highest BCUT2D eigenvalue weighted by Crippen LogP contribution is 2.27. The van der Waals surface area contributed by atoms with Crippen LogP contribution in [0.4, 0.5) is 0 Å². The summed E-state index contributed by atoms with van der Waals surface area (Å²) in [6, 6.07) is -1.36. The highest BCUT2D eigenvalue weighted by Gasteiger charge is 2.28. The van der Waals surface area contributed by atoms with Gasteiger partial charge in [0.15, 0.2) is 0 Å². The molecule has 8 heteroatoms. The van der Waals surface area contributed by atoms with Gasteiger partial charge in [0, 0.05) is 17.9 Å². The number of aliphatic carboxylic acids is 3. The number of hydrogen-bond acceptors (Lipinski definition) is 6. The fourth-order valence-corrected chi connectivity index (χ4v) is 2.17. The third-order valence-corrected chi connectivity index (χ3v) is 3.18. The minimum atomic E-state index is -1.41. The Kier molecular flexibility index (Phi) is 8.28. The molecule has 0 rings (SSSR count). The number of nitrogens with one attached hydrogen (secondary N) is 1. The predicted octanol–water partition coefficient (Wildman–Crippen LogP) is -1.33. The lowest BCUT2D eigenvalue weighted by molar-refractivity contribution is -0.307. The van der Waals surface area contributed by atoms with Crippen LogP contribution < -0.4 is 15.5 Å². The molecule has 0 saturated carbocycles. The van der Waals surface area contributed by atoms with E-state index in [-0.39, 0.29) is 24.7 Å². The topological polar surface area (TPSA) is 147 Å². The van der Waals surface area contributed by atoms with Crippen molar-refractivity contribution in [1.82, 2.24) is 5.32 Å². The molecule has 0 heterocycles. The molecule has 1 amide bonds. The summed E-state index contributed by atoms with van der Waals surface area (Å²) in [6.45, 7) is 5.62. The second-order valence-corrected chi connectivity index (χ2v) is 6.68. The van der Waals surface area contributed by atoms with Crippen LogP contribution in [0.15, 0.2) is 0 Å². The summed E-state index contributed by atoms with van der Waals surface area (Å²) < 4.78 is 0. The van der Waals surface area contributed by atoms with Crippen LogP contribution in [0, 0.1) is 11.3 Å². The Bertz CT molecular complexity index is 453. The lowest BCUT2D eigenvalue weighted by Crippen LogP contribution is -2.45. The quantitative estimate of drug-likeness (QED) is 0.504. The summed E-state index contributed by atoms with van der Waals surface area (Å²) in [5.74, 6) is -5.35. The van der Waals surface area contributed by atoms with Gasteiger partial charge in [0.1, 0.15) is 6.04 Å². The van der Waals surface area contributed by atoms with Crippen LogP contribution in [0.25, 0.3) is 0 Å². The van der Waals surface area contributed by atoms with Gasteiger partial charge < -0.3 is 30.2 Å². The van der Waals surface area contributed by atoms with Crippen LogP contribution in [0.2, 0.25) is 0 Å². The van der Waals surface area contributed by atoms with Crippen LogP contribution in [0.3, 0.4) is 0 Å². The number of hydrogen-bond donors (Lipinski definition) is 2. The molecule has 0 aliphatic carbocycles. The molecule has 132 valence electrons. The van der Waals surface area contributed by atoms with E-state index < -0.39 is 42.2 Å². The summed E-state index contributed by atoms with van der Waals surface area (Å²) in [5, 5.41) is 32.3. The fourth-order valence-electron chi connectivity index (χ4n) is 2.17. The van der Waals surface area contributed by atoms with Crippen molar-refractivity contribution < 1.29 is 34.5 Å². The maximum Gasteiger partial charge on any atom is 0.326 e. The SMILES string of the molecule is CC(C)(C)C[C@H](CCC(=O)[O-])C(=O)N[C@H](CCC(=O)[O-])C(=O)O. The maximum atomic E-state index is 12.2. The average Bonchev–Trinajstić information content (AvgIpc) is 2.36. The summed E-state index contributed by atoms with van der Waals surface area (Å²) in [7, 11) is 0. The molecular weight excluding hydrogens is 306 g/mol. The normalized spacial score (nSPS) is 13.9. The van der Waals surface area contributed by atoms with E-state index in [1.54, 1.807) is 0 Å². The molecule has 0 aromatic rings. The van der Waals surface area contributed by atoms with Crippen LogP contribution in [-0.2, 0) is 19.2 Å². The number of carboxylic acids is 3. The van der Waals surface area contributed by atoms with Gasteiger partial charge in [-0.05, 0) is 37.5 Å². The van der Waals surface area contributed by atoms with Crippen molar-refractivity contribution in [3.8, 4) is 0 Å². The Morgan fingerprint density at radius 3 is 1.87 bits per heavy atom. The first-order valence-corrected chi connectivity index (χ1v) is 7.35. The lowest BCUT2D eigenvalue weighted by Gasteiger charge is -2.27. The molecule has 0 aromatic carbocycles. The Balaban J connectivity index is 4.91. The molecule has 0 saturated heterocycles. The Morgan fingerprint density at radius 2 is 1.48 bits per heavy atom. The molecule has 8 nitrogen and oxygen atoms in total. The highest BCUT2D eigenvalue weighted by molar-refractivity contribution is 5.85. The van der Waals surface area contributed by atoms with Gasteiger partial charge in [-0.25, -0.2) is 4.79 Å². The first-order chi connectivity index (χ1) is 10.4. The molecule has 0 radical (unpaired) electrons. The highest BCUT2D eigenvalue weighted by atomic mass is 16.4. The fraction of sp³-hybridized carbons (Fsp3) is 0.733. The molecule has 2 N–H and O–H groups in total. The van der Waals surface area contributed by atoms with E-state index in [9.17, 15) is 29.4 Å². The monoisotopic (exact) mass is 329 g/mol. The van der Waals surface area contributed by atoms with Gasteiger partial charge in [0.05, 0.1) is 0 Å². The van der Waals surface area contributed by atoms with E-state index in [1.165, 1.54) is 0 Å². The van der Waals surface area contributed by atoms with Crippen LogP contribution in [0.5, 0.6) is 0 Å². The van der Waals surface area contributed by atoms with Crippen molar-refractivity contribution in [1.29, 1.82) is 0 Å². The van der Waals surface area contributed by atoms with Gasteiger partial charge in [0.2, 0.25) is 5.91 Å². The first kappa shape index (κ1) is 20.9. The largest absolute Gasteiger partial charge is 0.550 e. The first-order valence-electron chi connectivity index (χ1n) is 7.35. The predicted molar refractivity (Wildman–Crippen MR) is 75.6 cm³/mol. The summed E-state index contributed by atoms with van der Waals surface area (Å²) in [4.78, 5) is 44.3. The van der Waals surface area contributed by atoms with Crippen molar-refractivity contribution in [2.75, 3.05) is 0 Å². The van der Waals surface area contributed by atoms with Gasteiger partial charge in [-0.2, -0.15) is 0 Å². The molecule has 0 fully saturated rings. The lowest BCUT2D eigenvalue weighted by atomic mass is 9.82. The molecule has 23 heavy (non-hydrogen) atoms. The van der Waals surface area contributed by atoms with Gasteiger partial charge >= 0.3 is 5.97 Å². The van der Waals surface area contributed by atoms with E-state index in [0.717, 1.165) is 0 Å². The van der Waals surface area contributed by atoms with E-state index in [0.29, 0.717) is 6.42 Å². The third-order valence-electron chi connectivity index (χ3n) is 3.18. The zero-order valence-electron chi connectivity index (χ0n) is 13.6. The second kappa shape index (κ2) is 9.12. The Labute approximate surface area is 134 Å². The zero-order valence-corrected chi connectivity index (χ0v) is 13.6. The van der Waals surface area contributed by atoms with Crippen LogP contribution in [-0.4, -0.2) is 35.0 Å². The third kappa shape index (κ3) is 10.3. The number of carbonyl (C=O) groups is 4. The van der Waals surface area contributed by atoms with Crippen molar-refractivity contribution in [2.24, 2.45) is 11.3 Å². The molecule has 0 aliphatic heterocycles. The maximum absolute atomic E-state index is 12.2. The van der Waals surface area contributed by atoms with E-state index in [2.05, 4.69) is 5.32 Å².